The molecule has 160 valence electrons. The number of fused-ring (bicyclic) bond motifs is 1. The number of aromatic nitrogens is 2. The van der Waals surface area contributed by atoms with E-state index in [-0.39, 0.29) is 11.2 Å². The second kappa shape index (κ2) is 8.05. The van der Waals surface area contributed by atoms with Crippen molar-refractivity contribution in [1.82, 2.24) is 9.55 Å². The van der Waals surface area contributed by atoms with E-state index in [1.54, 1.807) is 6.07 Å². The van der Waals surface area contributed by atoms with Gasteiger partial charge in [-0.3, -0.25) is 0 Å². The highest BCUT2D eigenvalue weighted by Crippen LogP contribution is 2.46. The van der Waals surface area contributed by atoms with Gasteiger partial charge in [0.1, 0.15) is 5.52 Å². The van der Waals surface area contributed by atoms with E-state index in [1.165, 1.54) is 23.6 Å². The van der Waals surface area contributed by atoms with Gasteiger partial charge in [0.25, 0.3) is 0 Å². The van der Waals surface area contributed by atoms with Crippen molar-refractivity contribution in [2.45, 2.75) is 72.8 Å². The fraction of sp³-hybridized carbons (Fsp3) is 0.500. The monoisotopic (exact) mass is 407 g/mol. The highest BCUT2D eigenvalue weighted by Gasteiger charge is 2.35. The molecule has 1 N–H and O–H groups in total. The molecule has 0 radical (unpaired) electrons. The minimum Gasteiger partial charge on any atom is -0.325 e. The van der Waals surface area contributed by atoms with Gasteiger partial charge >= 0.3 is 0 Å². The highest BCUT2D eigenvalue weighted by atomic mass is 19.1. The maximum Gasteiger partial charge on any atom is 0.208 e. The molecular formula is C26H34FN3. The number of aryl methyl sites for hydroxylation is 2. The van der Waals surface area contributed by atoms with Gasteiger partial charge in [-0.1, -0.05) is 52.8 Å². The molecule has 0 bridgehead atoms. The standard InChI is InChI=1S/C26H34FN3/c1-6-18-11-12-22(19(7-2)14-18)28-25-29-24-21(27)9-8-10-23(24)30(25)20-13-17(3)15-26(4,5)16-20/h8-12,14,17,20H,6-7,13,15-16H2,1-5H3,(H,28,29)/t17-,20+/m1/s1. The molecule has 2 aromatic carbocycles. The average molecular weight is 408 g/mol. The Labute approximate surface area is 179 Å². The summed E-state index contributed by atoms with van der Waals surface area (Å²) in [5.74, 6) is 1.13. The van der Waals surface area contributed by atoms with Gasteiger partial charge < -0.3 is 9.88 Å². The van der Waals surface area contributed by atoms with Crippen LogP contribution in [0.2, 0.25) is 0 Å². The molecular weight excluding hydrogens is 373 g/mol. The Bertz CT molecular complexity index is 1050. The van der Waals surface area contributed by atoms with Crippen molar-refractivity contribution in [3.8, 4) is 0 Å². The minimum absolute atomic E-state index is 0.255. The van der Waals surface area contributed by atoms with Crippen LogP contribution < -0.4 is 5.32 Å². The van der Waals surface area contributed by atoms with E-state index in [9.17, 15) is 4.39 Å². The van der Waals surface area contributed by atoms with Crippen LogP contribution in [0, 0.1) is 17.2 Å². The second-order valence-corrected chi connectivity index (χ2v) is 9.80. The molecule has 1 aliphatic carbocycles. The number of benzene rings is 2. The second-order valence-electron chi connectivity index (χ2n) is 9.80. The molecule has 0 saturated heterocycles. The fourth-order valence-electron chi connectivity index (χ4n) is 5.43. The maximum absolute atomic E-state index is 14.7. The van der Waals surface area contributed by atoms with Gasteiger partial charge in [-0.15, -0.1) is 0 Å². The summed E-state index contributed by atoms with van der Waals surface area (Å²) in [6, 6.07) is 12.2. The largest absolute Gasteiger partial charge is 0.325 e. The summed E-state index contributed by atoms with van der Waals surface area (Å²) in [4.78, 5) is 4.75. The lowest BCUT2D eigenvalue weighted by atomic mass is 9.70. The van der Waals surface area contributed by atoms with E-state index in [2.05, 4.69) is 62.7 Å². The number of anilines is 2. The topological polar surface area (TPSA) is 29.9 Å². The van der Waals surface area contributed by atoms with Crippen LogP contribution in [0.5, 0.6) is 0 Å². The summed E-state index contributed by atoms with van der Waals surface area (Å²) in [5.41, 5.74) is 5.27. The van der Waals surface area contributed by atoms with Crippen LogP contribution in [-0.2, 0) is 12.8 Å². The fourth-order valence-corrected chi connectivity index (χ4v) is 5.43. The van der Waals surface area contributed by atoms with E-state index in [4.69, 9.17) is 4.98 Å². The minimum atomic E-state index is -0.255. The summed E-state index contributed by atoms with van der Waals surface area (Å²) >= 11 is 0. The maximum atomic E-state index is 14.7. The molecule has 1 heterocycles. The third-order valence-electron chi connectivity index (χ3n) is 6.61. The van der Waals surface area contributed by atoms with Crippen LogP contribution >= 0.6 is 0 Å². The number of para-hydroxylation sites is 1. The number of hydrogen-bond donors (Lipinski definition) is 1. The third kappa shape index (κ3) is 3.97. The number of imidazole rings is 1. The van der Waals surface area contributed by atoms with Gasteiger partial charge in [0.05, 0.1) is 5.52 Å². The third-order valence-corrected chi connectivity index (χ3v) is 6.61. The Kier molecular flexibility index (Phi) is 5.61. The zero-order valence-electron chi connectivity index (χ0n) is 18.9. The molecule has 3 nitrogen and oxygen atoms in total. The molecule has 0 aliphatic heterocycles. The number of rotatable bonds is 5. The summed E-state index contributed by atoms with van der Waals surface area (Å²) in [7, 11) is 0. The number of nitrogens with zero attached hydrogens (tertiary/aromatic N) is 2. The van der Waals surface area contributed by atoms with E-state index >= 15 is 0 Å². The van der Waals surface area contributed by atoms with Crippen LogP contribution in [0.3, 0.4) is 0 Å². The molecule has 0 unspecified atom stereocenters. The first-order chi connectivity index (χ1) is 14.3. The molecule has 4 rings (SSSR count). The molecule has 0 amide bonds. The Morgan fingerprint density at radius 1 is 1.13 bits per heavy atom. The van der Waals surface area contributed by atoms with Gasteiger partial charge in [0, 0.05) is 11.7 Å². The smallest absolute Gasteiger partial charge is 0.208 e. The molecule has 4 heteroatoms. The first-order valence-electron chi connectivity index (χ1n) is 11.4. The summed E-state index contributed by atoms with van der Waals surface area (Å²) in [5, 5.41) is 3.58. The van der Waals surface area contributed by atoms with Crippen LogP contribution in [0.1, 0.15) is 71.0 Å². The normalized spacial score (nSPS) is 21.1. The zero-order chi connectivity index (χ0) is 21.5. The van der Waals surface area contributed by atoms with Crippen LogP contribution in [0.25, 0.3) is 11.0 Å². The molecule has 1 saturated carbocycles. The van der Waals surface area contributed by atoms with Gasteiger partial charge in [0.15, 0.2) is 5.82 Å². The van der Waals surface area contributed by atoms with Crippen LogP contribution in [-0.4, -0.2) is 9.55 Å². The van der Waals surface area contributed by atoms with Crippen molar-refractivity contribution in [2.24, 2.45) is 11.3 Å². The molecule has 1 aromatic heterocycles. The van der Waals surface area contributed by atoms with Crippen molar-refractivity contribution in [3.05, 3.63) is 53.3 Å². The molecule has 30 heavy (non-hydrogen) atoms. The van der Waals surface area contributed by atoms with E-state index in [0.29, 0.717) is 17.5 Å². The van der Waals surface area contributed by atoms with Gasteiger partial charge in [0.2, 0.25) is 5.95 Å². The van der Waals surface area contributed by atoms with Crippen LogP contribution in [0.15, 0.2) is 36.4 Å². The van der Waals surface area contributed by atoms with Crippen molar-refractivity contribution >= 4 is 22.7 Å². The lowest BCUT2D eigenvalue weighted by Gasteiger charge is -2.40. The van der Waals surface area contributed by atoms with Crippen molar-refractivity contribution in [1.29, 1.82) is 0 Å². The highest BCUT2D eigenvalue weighted by molar-refractivity contribution is 5.81. The lowest BCUT2D eigenvalue weighted by Crippen LogP contribution is -2.29. The number of hydrogen-bond acceptors (Lipinski definition) is 2. The molecule has 1 aliphatic rings. The zero-order valence-corrected chi connectivity index (χ0v) is 18.9. The predicted molar refractivity (Wildman–Crippen MR) is 124 cm³/mol. The summed E-state index contributed by atoms with van der Waals surface area (Å²) < 4.78 is 16.9. The van der Waals surface area contributed by atoms with Crippen molar-refractivity contribution in [3.63, 3.8) is 0 Å². The quantitative estimate of drug-likeness (QED) is 0.476. The predicted octanol–water partition coefficient (Wildman–Crippen LogP) is 7.43. The first kappa shape index (κ1) is 20.9. The Morgan fingerprint density at radius 2 is 1.93 bits per heavy atom. The van der Waals surface area contributed by atoms with E-state index < -0.39 is 0 Å². The molecule has 1 fully saturated rings. The Hall–Kier alpha value is -2.36. The summed E-state index contributed by atoms with van der Waals surface area (Å²) in [6.45, 7) is 11.4. The first-order valence-corrected chi connectivity index (χ1v) is 11.4. The summed E-state index contributed by atoms with van der Waals surface area (Å²) in [6.07, 6.45) is 5.36. The molecule has 2 atom stereocenters. The molecule has 0 spiro atoms. The Morgan fingerprint density at radius 3 is 2.63 bits per heavy atom. The number of halogens is 1. The van der Waals surface area contributed by atoms with Crippen molar-refractivity contribution < 1.29 is 4.39 Å². The Balaban J connectivity index is 1.82. The van der Waals surface area contributed by atoms with Gasteiger partial charge in [-0.25, -0.2) is 9.37 Å². The van der Waals surface area contributed by atoms with E-state index in [1.807, 2.05) is 6.07 Å². The lowest BCUT2D eigenvalue weighted by molar-refractivity contribution is 0.140. The van der Waals surface area contributed by atoms with Crippen molar-refractivity contribution in [2.75, 3.05) is 5.32 Å². The van der Waals surface area contributed by atoms with Gasteiger partial charge in [-0.05, 0) is 72.8 Å². The van der Waals surface area contributed by atoms with Gasteiger partial charge in [-0.2, -0.15) is 0 Å². The number of nitrogens with one attached hydrogen (secondary N) is 1. The SMILES string of the molecule is CCc1ccc(Nc2nc3c(F)cccc3n2[C@H]2C[C@@H](C)CC(C)(C)C2)c(CC)c1. The average Bonchev–Trinajstić information content (AvgIpc) is 3.06. The van der Waals surface area contributed by atoms with E-state index in [0.717, 1.165) is 42.8 Å². The molecule has 3 aromatic rings. The van der Waals surface area contributed by atoms with Crippen LogP contribution in [0.4, 0.5) is 16.0 Å².